The van der Waals surface area contributed by atoms with Gasteiger partial charge >= 0.3 is 0 Å². The van der Waals surface area contributed by atoms with Crippen LogP contribution in [0.25, 0.3) is 67.2 Å². The second-order valence-electron chi connectivity index (χ2n) is 15.1. The van der Waals surface area contributed by atoms with Gasteiger partial charge in [-0.3, -0.25) is 0 Å². The van der Waals surface area contributed by atoms with E-state index < -0.39 is 0 Å². The zero-order valence-corrected chi connectivity index (χ0v) is 29.6. The van der Waals surface area contributed by atoms with E-state index in [2.05, 4.69) is 91.9 Å². The van der Waals surface area contributed by atoms with Gasteiger partial charge in [-0.15, -0.1) is 0 Å². The molecule has 254 valence electrons. The molecule has 0 amide bonds. The fraction of sp³-hybridized carbons (Fsp3) is 0.188. The van der Waals surface area contributed by atoms with Gasteiger partial charge in [-0.05, 0) is 105 Å². The van der Waals surface area contributed by atoms with Crippen LogP contribution in [-0.4, -0.2) is 15.0 Å². The van der Waals surface area contributed by atoms with Gasteiger partial charge in [-0.2, -0.15) is 10.5 Å². The lowest BCUT2D eigenvalue weighted by Gasteiger charge is -2.38. The molecule has 2 bridgehead atoms. The Morgan fingerprint density at radius 2 is 0.962 bits per heavy atom. The van der Waals surface area contributed by atoms with Gasteiger partial charge < -0.3 is 0 Å². The molecule has 0 spiro atoms. The fourth-order valence-corrected chi connectivity index (χ4v) is 8.86. The maximum absolute atomic E-state index is 9.47. The summed E-state index contributed by atoms with van der Waals surface area (Å²) in [4.78, 5) is 14.9. The highest BCUT2D eigenvalue weighted by Crippen LogP contribution is 2.51. The summed E-state index contributed by atoms with van der Waals surface area (Å²) in [6, 6.07) is 49.8. The summed E-state index contributed by atoms with van der Waals surface area (Å²) in [5, 5.41) is 21.0. The van der Waals surface area contributed by atoms with Gasteiger partial charge in [0.25, 0.3) is 0 Å². The first-order valence-electron chi connectivity index (χ1n) is 18.5. The minimum absolute atomic E-state index is 0.293. The Morgan fingerprint density at radius 1 is 0.491 bits per heavy atom. The summed E-state index contributed by atoms with van der Waals surface area (Å²) >= 11 is 0. The first-order chi connectivity index (χ1) is 25.9. The Hall–Kier alpha value is -6.43. The van der Waals surface area contributed by atoms with Crippen molar-refractivity contribution in [2.75, 3.05) is 0 Å². The summed E-state index contributed by atoms with van der Waals surface area (Å²) in [7, 11) is 0. The van der Waals surface area contributed by atoms with Crippen LogP contribution in [0.4, 0.5) is 0 Å². The molecule has 2 aliphatic carbocycles. The molecular weight excluding hydrogens is 647 g/mol. The molecule has 9 rings (SSSR count). The summed E-state index contributed by atoms with van der Waals surface area (Å²) in [5.74, 6) is 3.65. The van der Waals surface area contributed by atoms with Gasteiger partial charge in [0.2, 0.25) is 0 Å². The molecule has 3 atom stereocenters. The van der Waals surface area contributed by atoms with E-state index in [-0.39, 0.29) is 0 Å². The third kappa shape index (κ3) is 6.37. The van der Waals surface area contributed by atoms with Gasteiger partial charge in [-0.1, -0.05) is 123 Å². The first kappa shape index (κ1) is 32.5. The van der Waals surface area contributed by atoms with E-state index in [1.807, 2.05) is 54.6 Å². The lowest BCUT2D eigenvalue weighted by molar-refractivity contribution is 0.232. The Kier molecular flexibility index (Phi) is 8.14. The number of hydrogen-bond donors (Lipinski definition) is 0. The monoisotopic (exact) mass is 683 g/mol. The van der Waals surface area contributed by atoms with Gasteiger partial charge in [0.05, 0.1) is 23.3 Å². The summed E-state index contributed by atoms with van der Waals surface area (Å²) in [6.45, 7) is 2.48. The molecule has 2 fully saturated rings. The van der Waals surface area contributed by atoms with Crippen LogP contribution < -0.4 is 0 Å². The zero-order chi connectivity index (χ0) is 35.9. The van der Waals surface area contributed by atoms with Gasteiger partial charge in [0.15, 0.2) is 17.5 Å². The average Bonchev–Trinajstić information content (AvgIpc) is 3.58. The lowest BCUT2D eigenvalue weighted by Crippen LogP contribution is -2.30. The Labute approximate surface area is 310 Å². The molecule has 1 heterocycles. The minimum Gasteiger partial charge on any atom is -0.208 e. The van der Waals surface area contributed by atoms with Crippen LogP contribution in [0.1, 0.15) is 55.7 Å². The summed E-state index contributed by atoms with van der Waals surface area (Å²) in [5.41, 5.74) is 9.62. The molecule has 5 heteroatoms. The molecule has 0 radical (unpaired) electrons. The summed E-state index contributed by atoms with van der Waals surface area (Å²) in [6.07, 6.45) is 6.90. The van der Waals surface area contributed by atoms with Crippen molar-refractivity contribution in [3.05, 3.63) is 150 Å². The predicted octanol–water partition coefficient (Wildman–Crippen LogP) is 11.6. The average molecular weight is 684 g/mol. The van der Waals surface area contributed by atoms with E-state index in [4.69, 9.17) is 15.0 Å². The third-order valence-corrected chi connectivity index (χ3v) is 11.5. The fourth-order valence-electron chi connectivity index (χ4n) is 8.86. The van der Waals surface area contributed by atoms with Crippen molar-refractivity contribution in [3.8, 4) is 68.6 Å². The number of benzene rings is 6. The van der Waals surface area contributed by atoms with Crippen LogP contribution in [0, 0.1) is 34.5 Å². The minimum atomic E-state index is 0.293. The van der Waals surface area contributed by atoms with Crippen LogP contribution in [0.15, 0.2) is 133 Å². The van der Waals surface area contributed by atoms with Crippen LogP contribution in [0.5, 0.6) is 0 Å². The second kappa shape index (κ2) is 13.3. The van der Waals surface area contributed by atoms with Gasteiger partial charge in [-0.25, -0.2) is 15.0 Å². The van der Waals surface area contributed by atoms with Crippen LogP contribution >= 0.6 is 0 Å². The SMILES string of the molecule is CC1(c2ccc(-c3ccc(-c4nc(-c5ccccc5)nc(-c5ccc6cc(-c7cc(C#N)cc(C#N)c7)ccc6c5)n4)cc3)cc2)C[C@@H]2CC[C@@H](C2)C1. The number of hydrogen-bond acceptors (Lipinski definition) is 5. The topological polar surface area (TPSA) is 86.2 Å². The van der Waals surface area contributed by atoms with Gasteiger partial charge in [0.1, 0.15) is 0 Å². The van der Waals surface area contributed by atoms with Crippen LogP contribution in [0.3, 0.4) is 0 Å². The van der Waals surface area contributed by atoms with Crippen LogP contribution in [0.2, 0.25) is 0 Å². The maximum Gasteiger partial charge on any atom is 0.164 e. The highest BCUT2D eigenvalue weighted by atomic mass is 15.0. The molecule has 1 unspecified atom stereocenters. The molecule has 0 saturated heterocycles. The van der Waals surface area contributed by atoms with Crippen molar-refractivity contribution >= 4 is 10.8 Å². The van der Waals surface area contributed by atoms with E-state index in [1.54, 1.807) is 6.07 Å². The normalized spacial score (nSPS) is 19.1. The zero-order valence-electron chi connectivity index (χ0n) is 29.6. The standard InChI is InChI=1S/C48H37N5/c1-48(27-31-7-8-32(21-31)28-48)44-19-17-36(18-20-44)35-9-11-38(12-10-35)46-51-45(37-5-3-2-4-6-37)52-47(53-46)42-16-15-39-25-41(14-13-40(39)26-42)43-23-33(29-49)22-34(24-43)30-50/h2-6,9-20,22-26,31-32H,7-8,21,27-28H2,1H3/t31-,32+,48?. The highest BCUT2D eigenvalue weighted by molar-refractivity contribution is 5.90. The Bertz CT molecular complexity index is 2530. The van der Waals surface area contributed by atoms with E-state index in [0.717, 1.165) is 50.4 Å². The Morgan fingerprint density at radius 3 is 1.55 bits per heavy atom. The summed E-state index contributed by atoms with van der Waals surface area (Å²) < 4.78 is 0. The number of rotatable bonds is 6. The van der Waals surface area contributed by atoms with Crippen molar-refractivity contribution in [3.63, 3.8) is 0 Å². The largest absolute Gasteiger partial charge is 0.208 e. The molecule has 7 aromatic rings. The van der Waals surface area contributed by atoms with E-state index in [1.165, 1.54) is 48.8 Å². The quantitative estimate of drug-likeness (QED) is 0.174. The second-order valence-corrected chi connectivity index (χ2v) is 15.1. The number of nitrogens with zero attached hydrogens (tertiary/aromatic N) is 5. The predicted molar refractivity (Wildman–Crippen MR) is 211 cm³/mol. The van der Waals surface area contributed by atoms with Crippen molar-refractivity contribution in [1.82, 2.24) is 15.0 Å². The molecule has 2 aliphatic rings. The molecule has 53 heavy (non-hydrogen) atoms. The molecule has 0 aliphatic heterocycles. The number of nitriles is 2. The van der Waals surface area contributed by atoms with Crippen molar-refractivity contribution in [2.24, 2.45) is 11.8 Å². The van der Waals surface area contributed by atoms with Crippen molar-refractivity contribution in [1.29, 1.82) is 10.5 Å². The van der Waals surface area contributed by atoms with Crippen molar-refractivity contribution in [2.45, 2.75) is 44.4 Å². The molecule has 6 aromatic carbocycles. The van der Waals surface area contributed by atoms with E-state index in [9.17, 15) is 10.5 Å². The van der Waals surface area contributed by atoms with Crippen molar-refractivity contribution < 1.29 is 0 Å². The third-order valence-electron chi connectivity index (χ3n) is 11.5. The maximum atomic E-state index is 9.47. The number of aromatic nitrogens is 3. The van der Waals surface area contributed by atoms with E-state index in [0.29, 0.717) is 34.0 Å². The molecular formula is C48H37N5. The Balaban J connectivity index is 1.03. The van der Waals surface area contributed by atoms with Crippen LogP contribution in [-0.2, 0) is 5.41 Å². The smallest absolute Gasteiger partial charge is 0.164 e. The first-order valence-corrected chi connectivity index (χ1v) is 18.5. The molecule has 1 aromatic heterocycles. The highest BCUT2D eigenvalue weighted by Gasteiger charge is 2.41. The molecule has 5 nitrogen and oxygen atoms in total. The van der Waals surface area contributed by atoms with Gasteiger partial charge in [0, 0.05) is 16.7 Å². The molecule has 0 N–H and O–H groups in total. The lowest BCUT2D eigenvalue weighted by atomic mass is 9.66. The number of fused-ring (bicyclic) bond motifs is 3. The molecule has 2 saturated carbocycles. The van der Waals surface area contributed by atoms with E-state index >= 15 is 0 Å².